The highest BCUT2D eigenvalue weighted by atomic mass is 32.2. The molecular weight excluding hydrogens is 288 g/mol. The van der Waals surface area contributed by atoms with Crippen LogP contribution in [0.4, 0.5) is 0 Å². The largest absolute Gasteiger partial charge is 0.263 e. The quantitative estimate of drug-likeness (QED) is 0.855. The third-order valence-corrected chi connectivity index (χ3v) is 5.45. The maximum atomic E-state index is 12.5. The molecule has 0 amide bonds. The summed E-state index contributed by atoms with van der Waals surface area (Å²) in [6.07, 6.45) is 5.40. The van der Waals surface area contributed by atoms with Crippen molar-refractivity contribution in [3.63, 3.8) is 0 Å². The zero-order valence-corrected chi connectivity index (χ0v) is 12.5. The van der Waals surface area contributed by atoms with Crippen molar-refractivity contribution < 1.29 is 8.42 Å². The molecule has 0 saturated carbocycles. The molecule has 0 radical (unpaired) electrons. The lowest BCUT2D eigenvalue weighted by atomic mass is 10.1. The Bertz CT molecular complexity index is 734. The fourth-order valence-electron chi connectivity index (χ4n) is 2.47. The first-order valence-corrected chi connectivity index (χ1v) is 8.21. The van der Waals surface area contributed by atoms with Gasteiger partial charge in [0.15, 0.2) is 0 Å². The Kier molecular flexibility index (Phi) is 3.69. The van der Waals surface area contributed by atoms with Crippen LogP contribution in [0.3, 0.4) is 0 Å². The van der Waals surface area contributed by atoms with Crippen molar-refractivity contribution in [2.45, 2.75) is 24.2 Å². The summed E-state index contributed by atoms with van der Waals surface area (Å²) in [5, 5.41) is 0. The fraction of sp³-hybridized carbons (Fsp3) is 0.357. The lowest BCUT2D eigenvalue weighted by molar-refractivity contribution is 0.470. The molecule has 3 rings (SSSR count). The molecule has 1 aliphatic heterocycles. The minimum absolute atomic E-state index is 0.0522. The standard InChI is InChI=1S/C14H16N4O2S/c1-11-4-7-16-14(17-11)12-5-8-18(10-12)21(19,20)13-3-2-6-15-9-13/h2-4,6-7,9,12H,5,8,10H2,1H3/t12-/m1/s1. The predicted molar refractivity (Wildman–Crippen MR) is 77.1 cm³/mol. The highest BCUT2D eigenvalue weighted by Gasteiger charge is 2.34. The van der Waals surface area contributed by atoms with Crippen molar-refractivity contribution in [3.8, 4) is 0 Å². The molecule has 0 N–H and O–H groups in total. The summed E-state index contributed by atoms with van der Waals surface area (Å²) in [6, 6.07) is 5.03. The summed E-state index contributed by atoms with van der Waals surface area (Å²) in [6.45, 7) is 2.81. The number of sulfonamides is 1. The smallest absolute Gasteiger partial charge is 0.244 e. The predicted octanol–water partition coefficient (Wildman–Crippen LogP) is 1.36. The second-order valence-electron chi connectivity index (χ2n) is 5.09. The second-order valence-corrected chi connectivity index (χ2v) is 7.03. The molecule has 0 bridgehead atoms. The molecule has 1 saturated heterocycles. The van der Waals surface area contributed by atoms with E-state index < -0.39 is 10.0 Å². The van der Waals surface area contributed by atoms with Crippen LogP contribution in [-0.2, 0) is 10.0 Å². The number of pyridine rings is 1. The van der Waals surface area contributed by atoms with Gasteiger partial charge in [0.2, 0.25) is 10.0 Å². The second kappa shape index (κ2) is 5.50. The highest BCUT2D eigenvalue weighted by Crippen LogP contribution is 2.29. The Labute approximate surface area is 123 Å². The van der Waals surface area contributed by atoms with E-state index in [-0.39, 0.29) is 10.8 Å². The van der Waals surface area contributed by atoms with Crippen LogP contribution >= 0.6 is 0 Å². The Balaban J connectivity index is 1.81. The number of hydrogen-bond donors (Lipinski definition) is 0. The Hall–Kier alpha value is -1.86. The molecule has 1 aliphatic rings. The van der Waals surface area contributed by atoms with E-state index in [4.69, 9.17) is 0 Å². The molecular formula is C14H16N4O2S. The van der Waals surface area contributed by atoms with Crippen molar-refractivity contribution in [1.82, 2.24) is 19.3 Å². The molecule has 0 aromatic carbocycles. The molecule has 1 atom stereocenters. The summed E-state index contributed by atoms with van der Waals surface area (Å²) in [7, 11) is -3.47. The topological polar surface area (TPSA) is 76.1 Å². The van der Waals surface area contributed by atoms with E-state index in [2.05, 4.69) is 15.0 Å². The lowest BCUT2D eigenvalue weighted by Crippen LogP contribution is -2.28. The first-order valence-electron chi connectivity index (χ1n) is 6.77. The normalized spacial score (nSPS) is 19.8. The van der Waals surface area contributed by atoms with Crippen LogP contribution in [0.1, 0.15) is 23.9 Å². The van der Waals surface area contributed by atoms with E-state index in [0.29, 0.717) is 13.1 Å². The van der Waals surface area contributed by atoms with Gasteiger partial charge in [0.1, 0.15) is 10.7 Å². The Morgan fingerprint density at radius 2 is 2.14 bits per heavy atom. The number of nitrogens with zero attached hydrogens (tertiary/aromatic N) is 4. The van der Waals surface area contributed by atoms with Crippen LogP contribution in [0.5, 0.6) is 0 Å². The summed E-state index contributed by atoms with van der Waals surface area (Å²) < 4.78 is 26.5. The molecule has 2 aromatic heterocycles. The highest BCUT2D eigenvalue weighted by molar-refractivity contribution is 7.89. The number of aromatic nitrogens is 3. The van der Waals surface area contributed by atoms with E-state index in [0.717, 1.165) is 17.9 Å². The minimum atomic E-state index is -3.47. The lowest BCUT2D eigenvalue weighted by Gasteiger charge is -2.16. The van der Waals surface area contributed by atoms with Gasteiger partial charge in [-0.05, 0) is 31.5 Å². The summed E-state index contributed by atoms with van der Waals surface area (Å²) >= 11 is 0. The fourth-order valence-corrected chi connectivity index (χ4v) is 3.94. The molecule has 3 heterocycles. The van der Waals surface area contributed by atoms with Crippen LogP contribution in [0.25, 0.3) is 0 Å². The van der Waals surface area contributed by atoms with Crippen molar-refractivity contribution >= 4 is 10.0 Å². The average molecular weight is 304 g/mol. The maximum Gasteiger partial charge on any atom is 0.244 e. The van der Waals surface area contributed by atoms with Crippen LogP contribution in [-0.4, -0.2) is 40.8 Å². The molecule has 0 spiro atoms. The van der Waals surface area contributed by atoms with Gasteiger partial charge in [-0.15, -0.1) is 0 Å². The monoisotopic (exact) mass is 304 g/mol. The van der Waals surface area contributed by atoms with E-state index in [1.165, 1.54) is 10.5 Å². The zero-order chi connectivity index (χ0) is 14.9. The Morgan fingerprint density at radius 1 is 1.29 bits per heavy atom. The number of hydrogen-bond acceptors (Lipinski definition) is 5. The number of aryl methyl sites for hydroxylation is 1. The molecule has 1 fully saturated rings. The summed E-state index contributed by atoms with van der Waals surface area (Å²) in [4.78, 5) is 12.8. The van der Waals surface area contributed by atoms with Gasteiger partial charge in [0, 0.05) is 43.3 Å². The molecule has 21 heavy (non-hydrogen) atoms. The van der Waals surface area contributed by atoms with Gasteiger partial charge < -0.3 is 0 Å². The SMILES string of the molecule is Cc1ccnc([C@@H]2CCN(S(=O)(=O)c3cccnc3)C2)n1. The summed E-state index contributed by atoms with van der Waals surface area (Å²) in [5.41, 5.74) is 0.897. The van der Waals surface area contributed by atoms with Crippen LogP contribution in [0.2, 0.25) is 0 Å². The number of rotatable bonds is 3. The van der Waals surface area contributed by atoms with Gasteiger partial charge in [-0.1, -0.05) is 0 Å². The van der Waals surface area contributed by atoms with Crippen LogP contribution < -0.4 is 0 Å². The van der Waals surface area contributed by atoms with E-state index in [1.807, 2.05) is 13.0 Å². The van der Waals surface area contributed by atoms with Gasteiger partial charge in [-0.3, -0.25) is 4.98 Å². The zero-order valence-electron chi connectivity index (χ0n) is 11.7. The van der Waals surface area contributed by atoms with Gasteiger partial charge in [0.05, 0.1) is 0 Å². The van der Waals surface area contributed by atoms with E-state index in [9.17, 15) is 8.42 Å². The van der Waals surface area contributed by atoms with Gasteiger partial charge >= 0.3 is 0 Å². The first-order chi connectivity index (χ1) is 10.1. The molecule has 110 valence electrons. The summed E-state index contributed by atoms with van der Waals surface area (Å²) in [5.74, 6) is 0.773. The van der Waals surface area contributed by atoms with Gasteiger partial charge in [0.25, 0.3) is 0 Å². The van der Waals surface area contributed by atoms with Gasteiger partial charge in [-0.2, -0.15) is 4.31 Å². The van der Waals surface area contributed by atoms with Crippen molar-refractivity contribution in [1.29, 1.82) is 0 Å². The average Bonchev–Trinajstić information content (AvgIpc) is 2.99. The van der Waals surface area contributed by atoms with Crippen LogP contribution in [0, 0.1) is 6.92 Å². The van der Waals surface area contributed by atoms with Crippen molar-refractivity contribution in [2.75, 3.05) is 13.1 Å². The van der Waals surface area contributed by atoms with Crippen LogP contribution in [0.15, 0.2) is 41.7 Å². The molecule has 2 aromatic rings. The maximum absolute atomic E-state index is 12.5. The van der Waals surface area contributed by atoms with Crippen molar-refractivity contribution in [3.05, 3.63) is 48.3 Å². The van der Waals surface area contributed by atoms with Gasteiger partial charge in [-0.25, -0.2) is 18.4 Å². The van der Waals surface area contributed by atoms with Crippen molar-refractivity contribution in [2.24, 2.45) is 0 Å². The molecule has 7 heteroatoms. The Morgan fingerprint density at radius 3 is 2.86 bits per heavy atom. The molecule has 0 aliphatic carbocycles. The molecule has 6 nitrogen and oxygen atoms in total. The minimum Gasteiger partial charge on any atom is -0.263 e. The first kappa shape index (κ1) is 14.1. The van der Waals surface area contributed by atoms with E-state index in [1.54, 1.807) is 24.5 Å². The van der Waals surface area contributed by atoms with E-state index >= 15 is 0 Å². The molecule has 0 unspecified atom stereocenters. The third kappa shape index (κ3) is 2.79. The third-order valence-electron chi connectivity index (χ3n) is 3.60.